The molecule has 22 heavy (non-hydrogen) atoms. The summed E-state index contributed by atoms with van der Waals surface area (Å²) in [6.45, 7) is 3.52. The Morgan fingerprint density at radius 3 is 2.95 bits per heavy atom. The zero-order chi connectivity index (χ0) is 15.7. The first-order valence-electron chi connectivity index (χ1n) is 6.84. The molecule has 2 heterocycles. The molecule has 1 N–H and O–H groups in total. The fraction of sp³-hybridized carbons (Fsp3) is 0.267. The van der Waals surface area contributed by atoms with E-state index in [-0.39, 0.29) is 18.4 Å². The van der Waals surface area contributed by atoms with Gasteiger partial charge in [-0.05, 0) is 26.0 Å². The van der Waals surface area contributed by atoms with Crippen molar-refractivity contribution >= 4 is 34.0 Å². The lowest BCUT2D eigenvalue weighted by Gasteiger charge is -2.32. The van der Waals surface area contributed by atoms with Gasteiger partial charge in [0, 0.05) is 11.1 Å². The maximum atomic E-state index is 12.3. The number of benzene rings is 1. The highest BCUT2D eigenvalue weighted by Gasteiger charge is 2.32. The average molecular weight is 317 g/mol. The van der Waals surface area contributed by atoms with Gasteiger partial charge in [0.05, 0.1) is 5.69 Å². The van der Waals surface area contributed by atoms with Crippen LogP contribution in [0.3, 0.4) is 0 Å². The molecule has 0 aliphatic carbocycles. The van der Waals surface area contributed by atoms with E-state index in [1.54, 1.807) is 31.3 Å². The molecule has 0 saturated heterocycles. The van der Waals surface area contributed by atoms with Gasteiger partial charge in [-0.15, -0.1) is 11.3 Å². The number of hydrogen-bond donors (Lipinski definition) is 1. The highest BCUT2D eigenvalue weighted by Crippen LogP contribution is 2.33. The predicted octanol–water partition coefficient (Wildman–Crippen LogP) is 2.20. The lowest BCUT2D eigenvalue weighted by molar-refractivity contribution is -0.127. The highest BCUT2D eigenvalue weighted by molar-refractivity contribution is 7.15. The van der Waals surface area contributed by atoms with Crippen LogP contribution < -0.4 is 15.0 Å². The molecule has 1 aromatic heterocycles. The monoisotopic (exact) mass is 317 g/mol. The number of anilines is 2. The zero-order valence-electron chi connectivity index (χ0n) is 12.2. The number of ether oxygens (including phenoxy) is 1. The molecule has 1 aromatic carbocycles. The van der Waals surface area contributed by atoms with Crippen LogP contribution >= 0.6 is 11.3 Å². The minimum atomic E-state index is -0.607. The number of aromatic nitrogens is 1. The van der Waals surface area contributed by atoms with E-state index < -0.39 is 6.10 Å². The molecule has 1 aliphatic rings. The summed E-state index contributed by atoms with van der Waals surface area (Å²) in [6.07, 6.45) is 1.09. The van der Waals surface area contributed by atoms with Crippen molar-refractivity contribution in [1.82, 2.24) is 4.98 Å². The van der Waals surface area contributed by atoms with E-state index in [0.717, 1.165) is 4.88 Å². The number of aryl methyl sites for hydroxylation is 1. The van der Waals surface area contributed by atoms with E-state index in [9.17, 15) is 9.59 Å². The third kappa shape index (κ3) is 2.80. The van der Waals surface area contributed by atoms with Crippen LogP contribution in [0, 0.1) is 6.92 Å². The Morgan fingerprint density at radius 2 is 2.23 bits per heavy atom. The summed E-state index contributed by atoms with van der Waals surface area (Å²) in [7, 11) is 0. The SMILES string of the molecule is Cc1cnc(NC(=O)CN2C(=O)[C@H](C)Oc3ccccc32)s1. The number of hydrogen-bond acceptors (Lipinski definition) is 5. The second kappa shape index (κ2) is 5.76. The molecule has 0 bridgehead atoms. The number of amides is 2. The number of carbonyl (C=O) groups is 2. The molecule has 0 unspecified atom stereocenters. The first kappa shape index (κ1) is 14.5. The first-order valence-corrected chi connectivity index (χ1v) is 7.65. The predicted molar refractivity (Wildman–Crippen MR) is 84.4 cm³/mol. The van der Waals surface area contributed by atoms with Crippen molar-refractivity contribution in [3.63, 3.8) is 0 Å². The Labute approximate surface area is 131 Å². The summed E-state index contributed by atoms with van der Waals surface area (Å²) >= 11 is 1.39. The van der Waals surface area contributed by atoms with Crippen molar-refractivity contribution in [3.8, 4) is 5.75 Å². The maximum Gasteiger partial charge on any atom is 0.268 e. The molecule has 2 aromatic rings. The molecular formula is C15H15N3O3S. The second-order valence-corrected chi connectivity index (χ2v) is 6.21. The van der Waals surface area contributed by atoms with Crippen LogP contribution in [0.1, 0.15) is 11.8 Å². The Hall–Kier alpha value is -2.41. The molecule has 7 heteroatoms. The standard InChI is InChI=1S/C15H15N3O3S/c1-9-7-16-15(22-9)17-13(19)8-18-11-5-3-4-6-12(11)21-10(2)14(18)20/h3-7,10H,8H2,1-2H3,(H,16,17,19)/t10-/m0/s1. The van der Waals surface area contributed by atoms with Gasteiger partial charge in [0.1, 0.15) is 12.3 Å². The molecule has 1 aliphatic heterocycles. The van der Waals surface area contributed by atoms with Gasteiger partial charge < -0.3 is 10.1 Å². The molecular weight excluding hydrogens is 302 g/mol. The Bertz CT molecular complexity index is 728. The molecule has 1 atom stereocenters. The topological polar surface area (TPSA) is 71.5 Å². The maximum absolute atomic E-state index is 12.3. The van der Waals surface area contributed by atoms with Gasteiger partial charge >= 0.3 is 0 Å². The Kier molecular flexibility index (Phi) is 3.81. The Morgan fingerprint density at radius 1 is 1.45 bits per heavy atom. The van der Waals surface area contributed by atoms with E-state index in [1.165, 1.54) is 16.2 Å². The van der Waals surface area contributed by atoms with Gasteiger partial charge in [-0.1, -0.05) is 12.1 Å². The smallest absolute Gasteiger partial charge is 0.268 e. The molecule has 0 spiro atoms. The number of thiazole rings is 1. The molecule has 0 radical (unpaired) electrons. The van der Waals surface area contributed by atoms with Crippen molar-refractivity contribution in [1.29, 1.82) is 0 Å². The summed E-state index contributed by atoms with van der Waals surface area (Å²) in [4.78, 5) is 31.0. The zero-order valence-corrected chi connectivity index (χ0v) is 13.0. The second-order valence-electron chi connectivity index (χ2n) is 4.98. The van der Waals surface area contributed by atoms with Gasteiger partial charge in [-0.3, -0.25) is 14.5 Å². The molecule has 2 amide bonds. The number of nitrogens with one attached hydrogen (secondary N) is 1. The van der Waals surface area contributed by atoms with Crippen LogP contribution in [0.15, 0.2) is 30.5 Å². The van der Waals surface area contributed by atoms with Crippen molar-refractivity contribution in [3.05, 3.63) is 35.3 Å². The molecule has 3 rings (SSSR count). The quantitative estimate of drug-likeness (QED) is 0.942. The summed E-state index contributed by atoms with van der Waals surface area (Å²) in [6, 6.07) is 7.19. The van der Waals surface area contributed by atoms with Crippen LogP contribution in [0.5, 0.6) is 5.75 Å². The Balaban J connectivity index is 1.78. The molecule has 0 saturated carbocycles. The number of rotatable bonds is 3. The fourth-order valence-electron chi connectivity index (χ4n) is 2.24. The van der Waals surface area contributed by atoms with Crippen molar-refractivity contribution in [2.24, 2.45) is 0 Å². The van der Waals surface area contributed by atoms with Crippen LogP contribution in [0.2, 0.25) is 0 Å². The van der Waals surface area contributed by atoms with Gasteiger partial charge in [-0.25, -0.2) is 4.98 Å². The minimum absolute atomic E-state index is 0.0673. The highest BCUT2D eigenvalue weighted by atomic mass is 32.1. The van der Waals surface area contributed by atoms with Crippen molar-refractivity contribution in [2.45, 2.75) is 20.0 Å². The van der Waals surface area contributed by atoms with Crippen molar-refractivity contribution < 1.29 is 14.3 Å². The van der Waals surface area contributed by atoms with Crippen LogP contribution in [-0.2, 0) is 9.59 Å². The number of fused-ring (bicyclic) bond motifs is 1. The molecule has 114 valence electrons. The summed E-state index contributed by atoms with van der Waals surface area (Å²) < 4.78 is 5.54. The van der Waals surface area contributed by atoms with Crippen LogP contribution in [0.4, 0.5) is 10.8 Å². The third-order valence-corrected chi connectivity index (χ3v) is 4.07. The van der Waals surface area contributed by atoms with E-state index in [4.69, 9.17) is 4.74 Å². The van der Waals surface area contributed by atoms with E-state index in [2.05, 4.69) is 10.3 Å². The van der Waals surface area contributed by atoms with Gasteiger partial charge in [-0.2, -0.15) is 0 Å². The third-order valence-electron chi connectivity index (χ3n) is 3.24. The molecule has 6 nitrogen and oxygen atoms in total. The summed E-state index contributed by atoms with van der Waals surface area (Å²) in [5, 5.41) is 3.24. The number of nitrogens with zero attached hydrogens (tertiary/aromatic N) is 2. The molecule has 0 fully saturated rings. The lowest BCUT2D eigenvalue weighted by atomic mass is 10.2. The van der Waals surface area contributed by atoms with Crippen LogP contribution in [0.25, 0.3) is 0 Å². The first-order chi connectivity index (χ1) is 10.5. The van der Waals surface area contributed by atoms with Crippen LogP contribution in [-0.4, -0.2) is 29.4 Å². The average Bonchev–Trinajstić information content (AvgIpc) is 2.89. The lowest BCUT2D eigenvalue weighted by Crippen LogP contribution is -2.47. The number of carbonyl (C=O) groups excluding carboxylic acids is 2. The van der Waals surface area contributed by atoms with Gasteiger partial charge in [0.25, 0.3) is 5.91 Å². The normalized spacial score (nSPS) is 16.9. The summed E-state index contributed by atoms with van der Waals surface area (Å²) in [5.74, 6) is 0.0864. The van der Waals surface area contributed by atoms with Crippen molar-refractivity contribution in [2.75, 3.05) is 16.8 Å². The van der Waals surface area contributed by atoms with E-state index in [0.29, 0.717) is 16.6 Å². The van der Waals surface area contributed by atoms with E-state index in [1.807, 2.05) is 13.0 Å². The fourth-order valence-corrected chi connectivity index (χ4v) is 2.92. The minimum Gasteiger partial charge on any atom is -0.479 e. The largest absolute Gasteiger partial charge is 0.479 e. The van der Waals surface area contributed by atoms with Gasteiger partial charge in [0.2, 0.25) is 5.91 Å². The number of para-hydroxylation sites is 2. The summed E-state index contributed by atoms with van der Waals surface area (Å²) in [5.41, 5.74) is 0.607. The van der Waals surface area contributed by atoms with Gasteiger partial charge in [0.15, 0.2) is 11.2 Å². The van der Waals surface area contributed by atoms with E-state index >= 15 is 0 Å².